The zero-order chi connectivity index (χ0) is 17.9. The molecule has 0 unspecified atom stereocenters. The number of anilines is 1. The fraction of sp³-hybridized carbons (Fsp3) is 0.500. The summed E-state index contributed by atoms with van der Waals surface area (Å²) >= 11 is 0. The van der Waals surface area contributed by atoms with Crippen molar-refractivity contribution < 1.29 is 14.7 Å². The number of rotatable bonds is 5. The molecule has 2 fully saturated rings. The minimum absolute atomic E-state index is 0.112. The van der Waals surface area contributed by atoms with E-state index in [4.69, 9.17) is 0 Å². The second-order valence-corrected chi connectivity index (χ2v) is 7.20. The SMILES string of the molecule is CN(CC1(O)CCCC1)C(=O)/C=C/c1ccc(N2CCCC2=O)cc1. The lowest BCUT2D eigenvalue weighted by molar-refractivity contribution is -0.127. The summed E-state index contributed by atoms with van der Waals surface area (Å²) in [4.78, 5) is 27.4. The Morgan fingerprint density at radius 1 is 1.24 bits per heavy atom. The molecule has 5 nitrogen and oxygen atoms in total. The number of likely N-dealkylation sites (N-methyl/N-ethyl adjacent to an activating group) is 1. The van der Waals surface area contributed by atoms with Crippen LogP contribution in [0, 0.1) is 0 Å². The number of nitrogens with zero attached hydrogens (tertiary/aromatic N) is 2. The first kappa shape index (κ1) is 17.7. The van der Waals surface area contributed by atoms with Crippen molar-refractivity contribution in [2.24, 2.45) is 0 Å². The van der Waals surface area contributed by atoms with Crippen LogP contribution in [0.5, 0.6) is 0 Å². The fourth-order valence-corrected chi connectivity index (χ4v) is 3.69. The molecule has 1 heterocycles. The van der Waals surface area contributed by atoms with Gasteiger partial charge in [-0.25, -0.2) is 0 Å². The Balaban J connectivity index is 1.57. The number of benzene rings is 1. The molecule has 0 bridgehead atoms. The van der Waals surface area contributed by atoms with Gasteiger partial charge in [-0.3, -0.25) is 9.59 Å². The number of aliphatic hydroxyl groups is 1. The predicted molar refractivity (Wildman–Crippen MR) is 98.1 cm³/mol. The van der Waals surface area contributed by atoms with Gasteiger partial charge in [0.15, 0.2) is 0 Å². The van der Waals surface area contributed by atoms with E-state index in [1.165, 1.54) is 6.08 Å². The van der Waals surface area contributed by atoms with Gasteiger partial charge < -0.3 is 14.9 Å². The first-order valence-electron chi connectivity index (χ1n) is 9.03. The zero-order valence-electron chi connectivity index (χ0n) is 14.8. The van der Waals surface area contributed by atoms with Crippen LogP contribution in [0.15, 0.2) is 30.3 Å². The van der Waals surface area contributed by atoms with E-state index in [9.17, 15) is 14.7 Å². The van der Waals surface area contributed by atoms with Gasteiger partial charge in [-0.2, -0.15) is 0 Å². The summed E-state index contributed by atoms with van der Waals surface area (Å²) in [7, 11) is 1.73. The molecule has 1 aliphatic heterocycles. The van der Waals surface area contributed by atoms with Gasteiger partial charge in [-0.15, -0.1) is 0 Å². The first-order valence-corrected chi connectivity index (χ1v) is 9.03. The van der Waals surface area contributed by atoms with Gasteiger partial charge in [-0.1, -0.05) is 25.0 Å². The van der Waals surface area contributed by atoms with Gasteiger partial charge in [0.05, 0.1) is 5.60 Å². The summed E-state index contributed by atoms with van der Waals surface area (Å²) in [6.45, 7) is 1.16. The molecule has 0 aromatic heterocycles. The van der Waals surface area contributed by atoms with E-state index in [0.717, 1.165) is 49.9 Å². The smallest absolute Gasteiger partial charge is 0.246 e. The summed E-state index contributed by atoms with van der Waals surface area (Å²) in [6, 6.07) is 7.65. The van der Waals surface area contributed by atoms with Gasteiger partial charge in [0.1, 0.15) is 0 Å². The normalized spacial score (nSPS) is 19.8. The summed E-state index contributed by atoms with van der Waals surface area (Å²) in [5.74, 6) is 0.0593. The van der Waals surface area contributed by atoms with Crippen molar-refractivity contribution in [3.05, 3.63) is 35.9 Å². The average Bonchev–Trinajstić information content (AvgIpc) is 3.21. The number of hydrogen-bond acceptors (Lipinski definition) is 3. The van der Waals surface area contributed by atoms with Gasteiger partial charge in [0, 0.05) is 38.3 Å². The van der Waals surface area contributed by atoms with E-state index in [2.05, 4.69) is 0 Å². The maximum atomic E-state index is 12.2. The van der Waals surface area contributed by atoms with Gasteiger partial charge in [0.2, 0.25) is 11.8 Å². The summed E-state index contributed by atoms with van der Waals surface area (Å²) in [6.07, 6.45) is 8.43. The van der Waals surface area contributed by atoms with Crippen molar-refractivity contribution in [3.63, 3.8) is 0 Å². The zero-order valence-corrected chi connectivity index (χ0v) is 14.8. The highest BCUT2D eigenvalue weighted by molar-refractivity contribution is 5.95. The highest BCUT2D eigenvalue weighted by atomic mass is 16.3. The molecule has 2 amide bonds. The van der Waals surface area contributed by atoms with Gasteiger partial charge in [0.25, 0.3) is 0 Å². The third-order valence-electron chi connectivity index (χ3n) is 5.14. The summed E-state index contributed by atoms with van der Waals surface area (Å²) in [5.41, 5.74) is 1.10. The minimum atomic E-state index is -0.720. The first-order chi connectivity index (χ1) is 12.0. The monoisotopic (exact) mass is 342 g/mol. The highest BCUT2D eigenvalue weighted by Crippen LogP contribution is 2.30. The summed E-state index contributed by atoms with van der Waals surface area (Å²) < 4.78 is 0. The van der Waals surface area contributed by atoms with Crippen molar-refractivity contribution in [2.75, 3.05) is 25.0 Å². The number of carbonyl (C=O) groups is 2. The van der Waals surface area contributed by atoms with E-state index in [1.807, 2.05) is 24.3 Å². The lowest BCUT2D eigenvalue weighted by Crippen LogP contribution is -2.41. The quantitative estimate of drug-likeness (QED) is 0.837. The van der Waals surface area contributed by atoms with Crippen LogP contribution in [0.25, 0.3) is 6.08 Å². The predicted octanol–water partition coefficient (Wildman–Crippen LogP) is 2.59. The Morgan fingerprint density at radius 2 is 1.92 bits per heavy atom. The van der Waals surface area contributed by atoms with Crippen molar-refractivity contribution in [1.82, 2.24) is 4.90 Å². The Bertz CT molecular complexity index is 660. The Morgan fingerprint density at radius 3 is 2.52 bits per heavy atom. The standard InChI is InChI=1S/C20H26N2O3/c1-21(15-20(25)12-2-3-13-20)18(23)11-8-16-6-9-17(10-7-16)22-14-4-5-19(22)24/h6-11,25H,2-5,12-15H2,1H3/b11-8+. The molecule has 1 aromatic carbocycles. The molecule has 0 spiro atoms. The largest absolute Gasteiger partial charge is 0.388 e. The van der Waals surface area contributed by atoms with E-state index in [-0.39, 0.29) is 11.8 Å². The van der Waals surface area contributed by atoms with Crippen LogP contribution in [0.1, 0.15) is 44.1 Å². The molecule has 134 valence electrons. The Kier molecular flexibility index (Phi) is 5.23. The van der Waals surface area contributed by atoms with Crippen molar-refractivity contribution in [1.29, 1.82) is 0 Å². The molecule has 0 radical (unpaired) electrons. The third-order valence-corrected chi connectivity index (χ3v) is 5.14. The van der Waals surface area contributed by atoms with E-state index >= 15 is 0 Å². The average molecular weight is 342 g/mol. The van der Waals surface area contributed by atoms with Crippen LogP contribution < -0.4 is 4.90 Å². The Labute approximate surface area is 148 Å². The molecule has 1 aliphatic carbocycles. The second kappa shape index (κ2) is 7.40. The van der Waals surface area contributed by atoms with Crippen LogP contribution >= 0.6 is 0 Å². The maximum Gasteiger partial charge on any atom is 0.246 e. The fourth-order valence-electron chi connectivity index (χ4n) is 3.69. The van der Waals surface area contributed by atoms with Gasteiger partial charge in [-0.05, 0) is 43.0 Å². The number of hydrogen-bond donors (Lipinski definition) is 1. The topological polar surface area (TPSA) is 60.9 Å². The molecule has 2 aliphatic rings. The molecule has 1 saturated heterocycles. The lowest BCUT2D eigenvalue weighted by atomic mass is 10.0. The molecule has 1 N–H and O–H groups in total. The highest BCUT2D eigenvalue weighted by Gasteiger charge is 2.33. The van der Waals surface area contributed by atoms with Gasteiger partial charge >= 0.3 is 0 Å². The van der Waals surface area contributed by atoms with Crippen LogP contribution in [0.3, 0.4) is 0 Å². The molecular weight excluding hydrogens is 316 g/mol. The third kappa shape index (κ3) is 4.28. The van der Waals surface area contributed by atoms with Crippen molar-refractivity contribution in [2.45, 2.75) is 44.1 Å². The van der Waals surface area contributed by atoms with E-state index in [0.29, 0.717) is 13.0 Å². The Hall–Kier alpha value is -2.14. The number of carbonyl (C=O) groups excluding carboxylic acids is 2. The van der Waals surface area contributed by atoms with Crippen molar-refractivity contribution >= 4 is 23.6 Å². The number of amides is 2. The second-order valence-electron chi connectivity index (χ2n) is 7.20. The molecule has 1 aromatic rings. The van der Waals surface area contributed by atoms with E-state index < -0.39 is 5.60 Å². The van der Waals surface area contributed by atoms with E-state index in [1.54, 1.807) is 22.9 Å². The lowest BCUT2D eigenvalue weighted by Gasteiger charge is -2.27. The van der Waals surface area contributed by atoms with Crippen LogP contribution in [0.4, 0.5) is 5.69 Å². The molecular formula is C20H26N2O3. The minimum Gasteiger partial charge on any atom is -0.388 e. The van der Waals surface area contributed by atoms with Crippen LogP contribution in [0.2, 0.25) is 0 Å². The molecule has 3 rings (SSSR count). The maximum absolute atomic E-state index is 12.2. The summed E-state index contributed by atoms with van der Waals surface area (Å²) in [5, 5.41) is 10.4. The molecule has 5 heteroatoms. The molecule has 25 heavy (non-hydrogen) atoms. The molecule has 1 saturated carbocycles. The van der Waals surface area contributed by atoms with Crippen LogP contribution in [-0.2, 0) is 9.59 Å². The van der Waals surface area contributed by atoms with Crippen LogP contribution in [-0.4, -0.2) is 47.6 Å². The molecule has 0 atom stereocenters. The van der Waals surface area contributed by atoms with Crippen molar-refractivity contribution in [3.8, 4) is 0 Å².